The molecule has 0 aliphatic heterocycles. The van der Waals surface area contributed by atoms with Crippen LogP contribution in [0.3, 0.4) is 0 Å². The summed E-state index contributed by atoms with van der Waals surface area (Å²) in [6.45, 7) is 12.8. The van der Waals surface area contributed by atoms with E-state index in [0.717, 1.165) is 0 Å². The molecule has 0 saturated heterocycles. The molecule has 0 nitrogen and oxygen atoms in total. The molecule has 0 bridgehead atoms. The van der Waals surface area contributed by atoms with E-state index < -0.39 is 0 Å². The fourth-order valence-corrected chi connectivity index (χ4v) is 0. The zero-order valence-corrected chi connectivity index (χ0v) is 10.2. The molecule has 0 N–H and O–H groups in total. The van der Waals surface area contributed by atoms with Gasteiger partial charge in [0.2, 0.25) is 0 Å². The van der Waals surface area contributed by atoms with E-state index in [-0.39, 0.29) is 20.4 Å². The fraction of sp³-hybridized carbons (Fsp3) is 0.875. The van der Waals surface area contributed by atoms with Gasteiger partial charge in [-0.1, -0.05) is 27.7 Å². The summed E-state index contributed by atoms with van der Waals surface area (Å²) >= 11 is 0. The van der Waals surface area contributed by atoms with E-state index in [1.165, 1.54) is 0 Å². The summed E-state index contributed by atoms with van der Waals surface area (Å²) in [5.41, 5.74) is 0.500. The van der Waals surface area contributed by atoms with E-state index in [4.69, 9.17) is 0 Å². The predicted molar refractivity (Wildman–Crippen MR) is 40.8 cm³/mol. The molecular weight excluding hydrogens is 282 g/mol. The molecule has 1 heteroatoms. The van der Waals surface area contributed by atoms with Crippen LogP contribution in [0.15, 0.2) is 0 Å². The molecule has 9 heavy (non-hydrogen) atoms. The third kappa shape index (κ3) is 876. The van der Waals surface area contributed by atoms with Gasteiger partial charge in [-0.15, -0.1) is 0 Å². The van der Waals surface area contributed by atoms with Crippen molar-refractivity contribution in [2.24, 2.45) is 5.41 Å². The molecule has 0 aromatic carbocycles. The van der Waals surface area contributed by atoms with Crippen molar-refractivity contribution in [3.63, 3.8) is 0 Å². The molecule has 0 unspecified atom stereocenters. The minimum atomic E-state index is 0. The summed E-state index contributed by atoms with van der Waals surface area (Å²) in [4.78, 5) is 0. The second-order valence-corrected chi connectivity index (χ2v) is 3.58. The monoisotopic (exact) mass is 302 g/mol. The fourth-order valence-electron chi connectivity index (χ4n) is 0. The zero-order valence-electron chi connectivity index (χ0n) is 7.46. The van der Waals surface area contributed by atoms with Crippen molar-refractivity contribution in [1.82, 2.24) is 0 Å². The molecule has 0 aliphatic rings. The Kier molecular flexibility index (Phi) is 15.7. The molecule has 1 radical (unpaired) electrons. The Morgan fingerprint density at radius 2 is 0.889 bits per heavy atom. The SMILES string of the molecule is CC(C)(C)C.C[CH-]C.[Re]. The molecule has 0 heterocycles. The number of hydrogen-bond donors (Lipinski definition) is 0. The molecule has 0 fully saturated rings. The van der Waals surface area contributed by atoms with Gasteiger partial charge < -0.3 is 6.42 Å². The van der Waals surface area contributed by atoms with Crippen molar-refractivity contribution >= 4 is 0 Å². The number of hydrogen-bond acceptors (Lipinski definition) is 0. The first-order valence-corrected chi connectivity index (χ1v) is 3.15. The minimum absolute atomic E-state index is 0. The molecule has 0 spiro atoms. The summed E-state index contributed by atoms with van der Waals surface area (Å²) in [5.74, 6) is 0. The van der Waals surface area contributed by atoms with Gasteiger partial charge in [-0.25, -0.2) is 0 Å². The van der Waals surface area contributed by atoms with E-state index in [0.29, 0.717) is 5.41 Å². The van der Waals surface area contributed by atoms with Crippen LogP contribution >= 0.6 is 0 Å². The quantitative estimate of drug-likeness (QED) is 0.602. The third-order valence-corrected chi connectivity index (χ3v) is 0. The predicted octanol–water partition coefficient (Wildman–Crippen LogP) is 3.28. The van der Waals surface area contributed by atoms with Crippen molar-refractivity contribution in [3.8, 4) is 0 Å². The molecule has 0 aromatic rings. The van der Waals surface area contributed by atoms with E-state index in [9.17, 15) is 0 Å². The van der Waals surface area contributed by atoms with Gasteiger partial charge in [-0.3, -0.25) is 0 Å². The first-order chi connectivity index (χ1) is 3.41. The summed E-state index contributed by atoms with van der Waals surface area (Å²) in [5, 5.41) is 0. The van der Waals surface area contributed by atoms with Crippen molar-refractivity contribution < 1.29 is 20.4 Å². The van der Waals surface area contributed by atoms with Crippen molar-refractivity contribution in [2.45, 2.75) is 41.5 Å². The van der Waals surface area contributed by atoms with Crippen LogP contribution in [0, 0.1) is 11.8 Å². The normalized spacial score (nSPS) is 8.67. The Morgan fingerprint density at radius 3 is 0.889 bits per heavy atom. The van der Waals surface area contributed by atoms with Crippen LogP contribution in [0.5, 0.6) is 0 Å². The molecule has 0 amide bonds. The Morgan fingerprint density at radius 1 is 0.889 bits per heavy atom. The van der Waals surface area contributed by atoms with Crippen LogP contribution in [0.25, 0.3) is 0 Å². The standard InChI is InChI=1S/C5H12.C3H7.Re/c1-5(2,3)4;1-3-2;/h1-4H3;3H,1-2H3;/q;-1;. The van der Waals surface area contributed by atoms with Gasteiger partial charge in [-0.2, -0.15) is 13.8 Å². The van der Waals surface area contributed by atoms with Crippen LogP contribution in [-0.4, -0.2) is 0 Å². The van der Waals surface area contributed by atoms with Crippen molar-refractivity contribution in [1.29, 1.82) is 0 Å². The molecule has 0 rings (SSSR count). The Balaban J connectivity index is -0.0000000800. The topological polar surface area (TPSA) is 0 Å². The van der Waals surface area contributed by atoms with Crippen LogP contribution < -0.4 is 0 Å². The molecule has 0 saturated carbocycles. The minimum Gasteiger partial charge on any atom is -0.335 e. The maximum absolute atomic E-state index is 2.19. The summed E-state index contributed by atoms with van der Waals surface area (Å²) in [7, 11) is 0. The Bertz CT molecular complexity index is 28.3. The maximum atomic E-state index is 2.19. The van der Waals surface area contributed by atoms with E-state index >= 15 is 0 Å². The van der Waals surface area contributed by atoms with Gasteiger partial charge >= 0.3 is 0 Å². The third-order valence-electron chi connectivity index (χ3n) is 0. The van der Waals surface area contributed by atoms with Crippen LogP contribution in [-0.2, 0) is 20.4 Å². The van der Waals surface area contributed by atoms with Gasteiger partial charge in [0.15, 0.2) is 0 Å². The van der Waals surface area contributed by atoms with E-state index in [1.54, 1.807) is 0 Å². The second-order valence-electron chi connectivity index (χ2n) is 3.58. The van der Waals surface area contributed by atoms with Gasteiger partial charge in [0.1, 0.15) is 0 Å². The smallest absolute Gasteiger partial charge is 0 e. The summed E-state index contributed by atoms with van der Waals surface area (Å²) in [6, 6.07) is 0. The summed E-state index contributed by atoms with van der Waals surface area (Å²) in [6.07, 6.45) is 2.00. The zero-order chi connectivity index (χ0) is 7.21. The molecule has 59 valence electrons. The van der Waals surface area contributed by atoms with Crippen LogP contribution in [0.1, 0.15) is 41.5 Å². The Labute approximate surface area is 74.1 Å². The van der Waals surface area contributed by atoms with E-state index in [1.807, 2.05) is 20.3 Å². The maximum Gasteiger partial charge on any atom is 0 e. The number of rotatable bonds is 0. The second kappa shape index (κ2) is 8.66. The van der Waals surface area contributed by atoms with Gasteiger partial charge in [0, 0.05) is 20.4 Å². The van der Waals surface area contributed by atoms with Crippen molar-refractivity contribution in [2.75, 3.05) is 0 Å². The largest absolute Gasteiger partial charge is 0.335 e. The average Bonchev–Trinajstić information content (AvgIpc) is 1.27. The molecular formula is C8H19Re-. The van der Waals surface area contributed by atoms with E-state index in [2.05, 4.69) is 27.7 Å². The first-order valence-electron chi connectivity index (χ1n) is 3.15. The first kappa shape index (κ1) is 16.3. The van der Waals surface area contributed by atoms with Crippen LogP contribution in [0.4, 0.5) is 0 Å². The van der Waals surface area contributed by atoms with Gasteiger partial charge in [-0.05, 0) is 5.41 Å². The van der Waals surface area contributed by atoms with Gasteiger partial charge in [0.25, 0.3) is 0 Å². The van der Waals surface area contributed by atoms with Crippen molar-refractivity contribution in [3.05, 3.63) is 6.42 Å². The average molecular weight is 301 g/mol. The molecule has 0 atom stereocenters. The molecule has 0 aromatic heterocycles. The Hall–Kier alpha value is 0.662. The summed E-state index contributed by atoms with van der Waals surface area (Å²) < 4.78 is 0. The van der Waals surface area contributed by atoms with Crippen LogP contribution in [0.2, 0.25) is 0 Å². The van der Waals surface area contributed by atoms with Gasteiger partial charge in [0.05, 0.1) is 0 Å². The molecule has 0 aliphatic carbocycles.